The molecule has 0 spiro atoms. The van der Waals surface area contributed by atoms with Crippen LogP contribution in [0.3, 0.4) is 0 Å². The van der Waals surface area contributed by atoms with E-state index in [2.05, 4.69) is 20.3 Å². The second-order valence-electron chi connectivity index (χ2n) is 6.14. The average Bonchev–Trinajstić information content (AvgIpc) is 3.16. The van der Waals surface area contributed by atoms with Crippen LogP contribution in [-0.2, 0) is 4.74 Å². The Hall–Kier alpha value is -0.0400. The van der Waals surface area contributed by atoms with E-state index in [1.54, 1.807) is 0 Å². The van der Waals surface area contributed by atoms with Crippen molar-refractivity contribution in [2.75, 3.05) is 0 Å². The fraction of sp³-hybridized carbons (Fsp3) is 0.944. The topological polar surface area (TPSA) is 12.5 Å². The highest BCUT2D eigenvalue weighted by Crippen LogP contribution is 2.31. The summed E-state index contributed by atoms with van der Waals surface area (Å²) in [5.74, 6) is 0. The Morgan fingerprint density at radius 2 is 1.37 bits per heavy atom. The molecule has 0 bridgehead atoms. The number of rotatable bonds is 14. The molecule has 0 aromatic rings. The monoisotopic (exact) mass is 267 g/mol. The summed E-state index contributed by atoms with van der Waals surface area (Å²) < 4.78 is 5.74. The molecule has 1 aliphatic rings. The maximum atomic E-state index is 5.74. The fourth-order valence-corrected chi connectivity index (χ4v) is 2.76. The minimum atomic E-state index is 0.585. The van der Waals surface area contributed by atoms with Crippen molar-refractivity contribution in [3.63, 3.8) is 0 Å². The van der Waals surface area contributed by atoms with Gasteiger partial charge in [-0.2, -0.15) is 0 Å². The molecule has 1 radical (unpaired) electrons. The third-order valence-corrected chi connectivity index (χ3v) is 4.19. The van der Waals surface area contributed by atoms with E-state index in [1.165, 1.54) is 83.5 Å². The molecule has 113 valence electrons. The Morgan fingerprint density at radius 3 is 2.11 bits per heavy atom. The van der Waals surface area contributed by atoms with E-state index in [0.717, 1.165) is 0 Å². The summed E-state index contributed by atoms with van der Waals surface area (Å²) in [5.41, 5.74) is 0. The molecule has 1 heteroatoms. The molecule has 1 heterocycles. The van der Waals surface area contributed by atoms with Gasteiger partial charge >= 0.3 is 0 Å². The molecular weight excluding hydrogens is 232 g/mol. The third kappa shape index (κ3) is 9.49. The largest absolute Gasteiger partial charge is 0.370 e. The summed E-state index contributed by atoms with van der Waals surface area (Å²) in [6, 6.07) is 0. The molecule has 19 heavy (non-hydrogen) atoms. The van der Waals surface area contributed by atoms with Crippen LogP contribution < -0.4 is 0 Å². The van der Waals surface area contributed by atoms with Crippen LogP contribution in [0.25, 0.3) is 0 Å². The Bertz CT molecular complexity index is 170. The van der Waals surface area contributed by atoms with Gasteiger partial charge in [-0.1, -0.05) is 84.5 Å². The molecule has 0 aliphatic carbocycles. The van der Waals surface area contributed by atoms with Crippen molar-refractivity contribution < 1.29 is 4.74 Å². The second kappa shape index (κ2) is 11.8. The standard InChI is InChI=1S/C18H35O/c1-3-5-7-9-11-13-15-17-18(19-17)16-14-12-10-8-6-4-2/h13,17-18H,3-12,14-16H2,1-2H3. The lowest BCUT2D eigenvalue weighted by Gasteiger charge is -1.99. The lowest BCUT2D eigenvalue weighted by atomic mass is 10.0. The first-order chi connectivity index (χ1) is 9.38. The van der Waals surface area contributed by atoms with Crippen molar-refractivity contribution in [2.45, 2.75) is 110 Å². The van der Waals surface area contributed by atoms with Gasteiger partial charge in [0.25, 0.3) is 0 Å². The Balaban J connectivity index is 1.76. The molecule has 1 rings (SSSR count). The van der Waals surface area contributed by atoms with Crippen molar-refractivity contribution in [1.29, 1.82) is 0 Å². The first-order valence-electron chi connectivity index (χ1n) is 8.85. The lowest BCUT2D eigenvalue weighted by Crippen LogP contribution is -1.95. The van der Waals surface area contributed by atoms with Crippen LogP contribution in [0.4, 0.5) is 0 Å². The minimum absolute atomic E-state index is 0.585. The van der Waals surface area contributed by atoms with Crippen molar-refractivity contribution in [2.24, 2.45) is 0 Å². The Morgan fingerprint density at radius 1 is 0.737 bits per heavy atom. The van der Waals surface area contributed by atoms with Crippen molar-refractivity contribution in [3.8, 4) is 0 Å². The summed E-state index contributed by atoms with van der Waals surface area (Å²) in [6.45, 7) is 4.55. The zero-order chi connectivity index (χ0) is 13.8. The van der Waals surface area contributed by atoms with Gasteiger partial charge < -0.3 is 4.74 Å². The third-order valence-electron chi connectivity index (χ3n) is 4.19. The van der Waals surface area contributed by atoms with Crippen LogP contribution >= 0.6 is 0 Å². The summed E-state index contributed by atoms with van der Waals surface area (Å²) in [5, 5.41) is 0. The normalized spacial score (nSPS) is 21.8. The predicted octanol–water partition coefficient (Wildman–Crippen LogP) is 6.07. The van der Waals surface area contributed by atoms with E-state index >= 15 is 0 Å². The SMILES string of the molecule is CCCCCC[CH]CC1OC1CCCCCCCC. The smallest absolute Gasteiger partial charge is 0.0844 e. The molecule has 1 aliphatic heterocycles. The fourth-order valence-electron chi connectivity index (χ4n) is 2.76. The summed E-state index contributed by atoms with van der Waals surface area (Å²) in [6.07, 6.45) is 21.4. The molecule has 1 saturated heterocycles. The summed E-state index contributed by atoms with van der Waals surface area (Å²) in [7, 11) is 0. The molecule has 0 N–H and O–H groups in total. The highest BCUT2D eigenvalue weighted by atomic mass is 16.6. The molecular formula is C18H35O. The van der Waals surface area contributed by atoms with E-state index in [9.17, 15) is 0 Å². The summed E-state index contributed by atoms with van der Waals surface area (Å²) in [4.78, 5) is 0. The van der Waals surface area contributed by atoms with E-state index in [-0.39, 0.29) is 0 Å². The highest BCUT2D eigenvalue weighted by molar-refractivity contribution is 4.88. The van der Waals surface area contributed by atoms with Crippen LogP contribution in [0.15, 0.2) is 0 Å². The van der Waals surface area contributed by atoms with Crippen LogP contribution in [0.5, 0.6) is 0 Å². The van der Waals surface area contributed by atoms with Gasteiger partial charge in [0.2, 0.25) is 0 Å². The molecule has 0 amide bonds. The lowest BCUT2D eigenvalue weighted by molar-refractivity contribution is 0.355. The van der Waals surface area contributed by atoms with Gasteiger partial charge in [0.1, 0.15) is 0 Å². The van der Waals surface area contributed by atoms with E-state index in [0.29, 0.717) is 12.2 Å². The maximum absolute atomic E-state index is 5.74. The van der Waals surface area contributed by atoms with E-state index < -0.39 is 0 Å². The van der Waals surface area contributed by atoms with E-state index in [1.807, 2.05) is 0 Å². The van der Waals surface area contributed by atoms with Crippen molar-refractivity contribution in [3.05, 3.63) is 6.42 Å². The summed E-state index contributed by atoms with van der Waals surface area (Å²) >= 11 is 0. The van der Waals surface area contributed by atoms with Gasteiger partial charge in [-0.25, -0.2) is 0 Å². The molecule has 0 aromatic heterocycles. The first-order valence-corrected chi connectivity index (χ1v) is 8.85. The molecule has 0 saturated carbocycles. The Kier molecular flexibility index (Phi) is 10.5. The van der Waals surface area contributed by atoms with Gasteiger partial charge in [-0.3, -0.25) is 0 Å². The number of hydrogen-bond acceptors (Lipinski definition) is 1. The predicted molar refractivity (Wildman–Crippen MR) is 84.3 cm³/mol. The van der Waals surface area contributed by atoms with Gasteiger partial charge in [0, 0.05) is 0 Å². The maximum Gasteiger partial charge on any atom is 0.0844 e. The number of epoxide rings is 1. The molecule has 1 nitrogen and oxygen atoms in total. The second-order valence-corrected chi connectivity index (χ2v) is 6.14. The Labute approximate surface area is 121 Å². The number of ether oxygens (including phenoxy) is 1. The number of hydrogen-bond donors (Lipinski definition) is 0. The molecule has 0 aromatic carbocycles. The van der Waals surface area contributed by atoms with Crippen LogP contribution in [-0.4, -0.2) is 12.2 Å². The molecule has 2 unspecified atom stereocenters. The number of unbranched alkanes of at least 4 members (excludes halogenated alkanes) is 10. The van der Waals surface area contributed by atoms with Gasteiger partial charge in [0.05, 0.1) is 12.2 Å². The van der Waals surface area contributed by atoms with Crippen LogP contribution in [0, 0.1) is 6.42 Å². The highest BCUT2D eigenvalue weighted by Gasteiger charge is 2.36. The van der Waals surface area contributed by atoms with E-state index in [4.69, 9.17) is 4.74 Å². The van der Waals surface area contributed by atoms with Crippen molar-refractivity contribution >= 4 is 0 Å². The van der Waals surface area contributed by atoms with Crippen molar-refractivity contribution in [1.82, 2.24) is 0 Å². The van der Waals surface area contributed by atoms with Gasteiger partial charge in [-0.05, 0) is 19.3 Å². The average molecular weight is 267 g/mol. The quantitative estimate of drug-likeness (QED) is 0.275. The van der Waals surface area contributed by atoms with Crippen LogP contribution in [0.2, 0.25) is 0 Å². The minimum Gasteiger partial charge on any atom is -0.370 e. The van der Waals surface area contributed by atoms with Gasteiger partial charge in [-0.15, -0.1) is 0 Å². The molecule has 1 fully saturated rings. The molecule has 2 atom stereocenters. The first kappa shape index (κ1) is 17.0. The van der Waals surface area contributed by atoms with Crippen LogP contribution in [0.1, 0.15) is 97.3 Å². The zero-order valence-corrected chi connectivity index (χ0v) is 13.3. The zero-order valence-electron chi connectivity index (χ0n) is 13.3. The van der Waals surface area contributed by atoms with Gasteiger partial charge in [0.15, 0.2) is 0 Å².